The number of fused-ring (bicyclic) bond motifs is 1. The van der Waals surface area contributed by atoms with E-state index in [9.17, 15) is 14.4 Å². The van der Waals surface area contributed by atoms with Gasteiger partial charge in [0.15, 0.2) is 5.78 Å². The highest BCUT2D eigenvalue weighted by molar-refractivity contribution is 5.98. The quantitative estimate of drug-likeness (QED) is 0.840. The van der Waals surface area contributed by atoms with E-state index >= 15 is 0 Å². The summed E-state index contributed by atoms with van der Waals surface area (Å²) in [7, 11) is 0. The molecular weight excluding hydrogens is 292 g/mol. The van der Waals surface area contributed by atoms with Crippen LogP contribution in [0.4, 0.5) is 0 Å². The van der Waals surface area contributed by atoms with E-state index < -0.39 is 0 Å². The second kappa shape index (κ2) is 6.24. The molecule has 2 fully saturated rings. The van der Waals surface area contributed by atoms with E-state index in [2.05, 4.69) is 4.90 Å². The maximum Gasteiger partial charge on any atom is 0.233 e. The normalized spacial score (nSPS) is 27.3. The molecule has 23 heavy (non-hydrogen) atoms. The number of hydrogen-bond acceptors (Lipinski definition) is 4. The van der Waals surface area contributed by atoms with Crippen molar-refractivity contribution in [2.24, 2.45) is 5.92 Å². The van der Waals surface area contributed by atoms with Gasteiger partial charge in [0.05, 0.1) is 18.5 Å². The molecule has 5 heteroatoms. The van der Waals surface area contributed by atoms with Crippen LogP contribution >= 0.6 is 0 Å². The Morgan fingerprint density at radius 2 is 1.91 bits per heavy atom. The van der Waals surface area contributed by atoms with Crippen LogP contribution in [0.5, 0.6) is 0 Å². The second-order valence-corrected chi connectivity index (χ2v) is 6.53. The molecule has 0 unspecified atom stereocenters. The van der Waals surface area contributed by atoms with Crippen LogP contribution in [0.1, 0.15) is 25.8 Å². The molecule has 0 bridgehead atoms. The summed E-state index contributed by atoms with van der Waals surface area (Å²) in [6.07, 6.45) is 1.17. The van der Waals surface area contributed by atoms with Crippen molar-refractivity contribution in [1.29, 1.82) is 0 Å². The van der Waals surface area contributed by atoms with Gasteiger partial charge in [-0.2, -0.15) is 0 Å². The summed E-state index contributed by atoms with van der Waals surface area (Å²) in [5.41, 5.74) is 1.01. The van der Waals surface area contributed by atoms with Crippen molar-refractivity contribution >= 4 is 17.6 Å². The number of rotatable bonds is 4. The molecule has 0 N–H and O–H groups in total. The minimum absolute atomic E-state index is 0.0221. The standard InChI is InChI=1S/C18H22N2O3/c1-12-17-16(20(13(2)21)18(12)23)8-9-19(17)11-15(22)10-14-6-4-3-5-7-14/h3-7,12,16-17H,8-11H2,1-2H3/t12-,16-,17+/m0/s1. The SMILES string of the molecule is CC(=O)N1C(=O)[C@@H](C)[C@@H]2[C@@H]1CCN2CC(=O)Cc1ccccc1. The Kier molecular flexibility index (Phi) is 4.31. The highest BCUT2D eigenvalue weighted by Crippen LogP contribution is 2.36. The van der Waals surface area contributed by atoms with Gasteiger partial charge in [0.25, 0.3) is 0 Å². The smallest absolute Gasteiger partial charge is 0.233 e. The molecule has 122 valence electrons. The maximum atomic E-state index is 12.4. The summed E-state index contributed by atoms with van der Waals surface area (Å²) in [5, 5.41) is 0. The van der Waals surface area contributed by atoms with Gasteiger partial charge in [-0.15, -0.1) is 0 Å². The van der Waals surface area contributed by atoms with Gasteiger partial charge in [0, 0.05) is 25.9 Å². The number of Topliss-reactive ketones (excluding diaryl/α,β-unsaturated/α-hetero) is 1. The van der Waals surface area contributed by atoms with Crippen LogP contribution in [0.2, 0.25) is 0 Å². The van der Waals surface area contributed by atoms with Crippen molar-refractivity contribution in [3.05, 3.63) is 35.9 Å². The average molecular weight is 314 g/mol. The first kappa shape index (κ1) is 15.9. The van der Waals surface area contributed by atoms with Crippen molar-refractivity contribution in [3.63, 3.8) is 0 Å². The zero-order valence-corrected chi connectivity index (χ0v) is 13.6. The lowest BCUT2D eigenvalue weighted by Gasteiger charge is -2.25. The van der Waals surface area contributed by atoms with Crippen LogP contribution in [0.3, 0.4) is 0 Å². The molecule has 0 radical (unpaired) electrons. The number of nitrogens with zero attached hydrogens (tertiary/aromatic N) is 2. The Morgan fingerprint density at radius 1 is 1.22 bits per heavy atom. The van der Waals surface area contributed by atoms with E-state index in [1.165, 1.54) is 11.8 Å². The Labute approximate surface area is 136 Å². The van der Waals surface area contributed by atoms with Crippen LogP contribution < -0.4 is 0 Å². The molecule has 3 rings (SSSR count). The maximum absolute atomic E-state index is 12.4. The summed E-state index contributed by atoms with van der Waals surface area (Å²) < 4.78 is 0. The number of benzene rings is 1. The van der Waals surface area contributed by atoms with E-state index in [0.717, 1.165) is 18.5 Å². The molecule has 0 saturated carbocycles. The van der Waals surface area contributed by atoms with Crippen molar-refractivity contribution in [2.45, 2.75) is 38.8 Å². The average Bonchev–Trinajstić information content (AvgIpc) is 3.00. The number of imide groups is 1. The fourth-order valence-electron chi connectivity index (χ4n) is 4.00. The monoisotopic (exact) mass is 314 g/mol. The number of hydrogen-bond donors (Lipinski definition) is 0. The molecule has 2 aliphatic heterocycles. The van der Waals surface area contributed by atoms with Gasteiger partial charge in [0.1, 0.15) is 0 Å². The van der Waals surface area contributed by atoms with Crippen molar-refractivity contribution < 1.29 is 14.4 Å². The highest BCUT2D eigenvalue weighted by atomic mass is 16.2. The lowest BCUT2D eigenvalue weighted by molar-refractivity contribution is -0.143. The minimum Gasteiger partial charge on any atom is -0.298 e. The number of ketones is 1. The zero-order valence-electron chi connectivity index (χ0n) is 13.6. The van der Waals surface area contributed by atoms with Gasteiger partial charge in [-0.1, -0.05) is 37.3 Å². The summed E-state index contributed by atoms with van der Waals surface area (Å²) in [6.45, 7) is 4.41. The molecule has 0 aliphatic carbocycles. The van der Waals surface area contributed by atoms with E-state index in [1.807, 2.05) is 37.3 Å². The molecule has 2 aliphatic rings. The lowest BCUT2D eigenvalue weighted by atomic mass is 10.0. The summed E-state index contributed by atoms with van der Waals surface area (Å²) in [4.78, 5) is 39.8. The largest absolute Gasteiger partial charge is 0.298 e. The fourth-order valence-corrected chi connectivity index (χ4v) is 4.00. The summed E-state index contributed by atoms with van der Waals surface area (Å²) in [6, 6.07) is 9.59. The van der Waals surface area contributed by atoms with E-state index in [0.29, 0.717) is 13.0 Å². The predicted octanol–water partition coefficient (Wildman–Crippen LogP) is 1.27. The third kappa shape index (κ3) is 2.93. The van der Waals surface area contributed by atoms with Crippen molar-refractivity contribution in [2.75, 3.05) is 13.1 Å². The lowest BCUT2D eigenvalue weighted by Crippen LogP contribution is -2.42. The van der Waals surface area contributed by atoms with Gasteiger partial charge >= 0.3 is 0 Å². The molecule has 2 amide bonds. The summed E-state index contributed by atoms with van der Waals surface area (Å²) in [5.74, 6) is -0.367. The molecule has 5 nitrogen and oxygen atoms in total. The second-order valence-electron chi connectivity index (χ2n) is 6.53. The van der Waals surface area contributed by atoms with Crippen LogP contribution in [-0.2, 0) is 20.8 Å². The Bertz CT molecular complexity index is 628. The topological polar surface area (TPSA) is 57.7 Å². The minimum atomic E-state index is -0.226. The molecule has 3 atom stereocenters. The van der Waals surface area contributed by atoms with E-state index in [1.54, 1.807) is 0 Å². The van der Waals surface area contributed by atoms with Gasteiger partial charge < -0.3 is 0 Å². The third-order valence-electron chi connectivity index (χ3n) is 4.96. The first-order chi connectivity index (χ1) is 11.0. The first-order valence-electron chi connectivity index (χ1n) is 8.12. The summed E-state index contributed by atoms with van der Waals surface area (Å²) >= 11 is 0. The highest BCUT2D eigenvalue weighted by Gasteiger charge is 2.53. The zero-order chi connectivity index (χ0) is 16.6. The van der Waals surface area contributed by atoms with Gasteiger partial charge in [-0.25, -0.2) is 0 Å². The molecule has 0 spiro atoms. The molecule has 1 aromatic carbocycles. The number of likely N-dealkylation sites (tertiary alicyclic amines) is 2. The van der Waals surface area contributed by atoms with Gasteiger partial charge in [0.2, 0.25) is 11.8 Å². The number of carbonyl (C=O) groups is 3. The molecule has 0 aromatic heterocycles. The van der Waals surface area contributed by atoms with Gasteiger partial charge in [-0.3, -0.25) is 24.2 Å². The van der Waals surface area contributed by atoms with Crippen molar-refractivity contribution in [3.8, 4) is 0 Å². The molecule has 2 saturated heterocycles. The van der Waals surface area contributed by atoms with Crippen LogP contribution in [0.15, 0.2) is 30.3 Å². The van der Waals surface area contributed by atoms with Crippen LogP contribution in [0, 0.1) is 5.92 Å². The molecule has 1 aromatic rings. The van der Waals surface area contributed by atoms with E-state index in [4.69, 9.17) is 0 Å². The van der Waals surface area contributed by atoms with E-state index in [-0.39, 0.29) is 35.6 Å². The molecular formula is C18H22N2O3. The van der Waals surface area contributed by atoms with Gasteiger partial charge in [-0.05, 0) is 12.0 Å². The Balaban J connectivity index is 1.67. The van der Waals surface area contributed by atoms with Crippen molar-refractivity contribution in [1.82, 2.24) is 9.80 Å². The Hall–Kier alpha value is -2.01. The molecule has 2 heterocycles. The number of carbonyl (C=O) groups excluding carboxylic acids is 3. The fraction of sp³-hybridized carbons (Fsp3) is 0.500. The number of amides is 2. The first-order valence-corrected chi connectivity index (χ1v) is 8.12. The Morgan fingerprint density at radius 3 is 2.57 bits per heavy atom. The van der Waals surface area contributed by atoms with Crippen LogP contribution in [-0.4, -0.2) is 52.6 Å². The van der Waals surface area contributed by atoms with Crippen LogP contribution in [0.25, 0.3) is 0 Å². The predicted molar refractivity (Wildman–Crippen MR) is 85.6 cm³/mol. The third-order valence-corrected chi connectivity index (χ3v) is 4.96.